The van der Waals surface area contributed by atoms with Crippen LogP contribution in [0.25, 0.3) is 0 Å². The molecule has 0 saturated heterocycles. The number of aromatic hydroxyl groups is 1. The highest BCUT2D eigenvalue weighted by Crippen LogP contribution is 2.24. The third-order valence-electron chi connectivity index (χ3n) is 2.69. The van der Waals surface area contributed by atoms with Crippen LogP contribution in [0.2, 0.25) is 0 Å². The average molecular weight is 267 g/mol. The summed E-state index contributed by atoms with van der Waals surface area (Å²) in [7, 11) is 0. The van der Waals surface area contributed by atoms with Crippen LogP contribution in [-0.4, -0.2) is 40.2 Å². The van der Waals surface area contributed by atoms with E-state index in [0.717, 1.165) is 0 Å². The summed E-state index contributed by atoms with van der Waals surface area (Å²) in [5.74, 6) is -0.314. The Kier molecular flexibility index (Phi) is 5.47. The second kappa shape index (κ2) is 6.86. The number of carbonyl (C=O) groups excluding carboxylic acids is 2. The summed E-state index contributed by atoms with van der Waals surface area (Å²) < 4.78 is 0. The Hall–Kier alpha value is -1.92. The molecule has 0 aliphatic carbocycles. The molecular weight excluding hydrogens is 250 g/mol. The van der Waals surface area contributed by atoms with Gasteiger partial charge in [-0.2, -0.15) is 0 Å². The summed E-state index contributed by atoms with van der Waals surface area (Å²) in [4.78, 5) is 21.5. The van der Waals surface area contributed by atoms with Crippen molar-refractivity contribution in [3.63, 3.8) is 0 Å². The first-order chi connectivity index (χ1) is 8.95. The first kappa shape index (κ1) is 15.1. The van der Waals surface area contributed by atoms with Crippen molar-refractivity contribution >= 4 is 12.2 Å². The van der Waals surface area contributed by atoms with Crippen molar-refractivity contribution in [3.05, 3.63) is 29.3 Å². The maximum absolute atomic E-state index is 10.8. The normalized spacial score (nSPS) is 13.6. The fourth-order valence-corrected chi connectivity index (χ4v) is 1.69. The van der Waals surface area contributed by atoms with Crippen molar-refractivity contribution in [1.29, 1.82) is 0 Å². The van der Waals surface area contributed by atoms with Gasteiger partial charge in [-0.15, -0.1) is 0 Å². The van der Waals surface area contributed by atoms with Gasteiger partial charge in [0.05, 0.1) is 6.10 Å². The minimum atomic E-state index is -1.26. The Labute approximate surface area is 110 Å². The van der Waals surface area contributed by atoms with Crippen molar-refractivity contribution < 1.29 is 24.9 Å². The van der Waals surface area contributed by atoms with E-state index in [-0.39, 0.29) is 35.7 Å². The quantitative estimate of drug-likeness (QED) is 0.548. The van der Waals surface area contributed by atoms with Crippen molar-refractivity contribution in [2.24, 2.45) is 0 Å². The molecule has 1 amide bonds. The van der Waals surface area contributed by atoms with Crippen LogP contribution in [-0.2, 0) is 4.79 Å². The summed E-state index contributed by atoms with van der Waals surface area (Å²) >= 11 is 0. The second-order valence-corrected chi connectivity index (χ2v) is 4.21. The van der Waals surface area contributed by atoms with Crippen LogP contribution in [0, 0.1) is 0 Å². The van der Waals surface area contributed by atoms with E-state index in [1.54, 1.807) is 0 Å². The lowest BCUT2D eigenvalue weighted by Gasteiger charge is -2.19. The van der Waals surface area contributed by atoms with Crippen molar-refractivity contribution in [2.45, 2.75) is 25.6 Å². The Bertz CT molecular complexity index is 460. The molecule has 0 fully saturated rings. The third-order valence-corrected chi connectivity index (χ3v) is 2.69. The van der Waals surface area contributed by atoms with Crippen LogP contribution in [0.4, 0.5) is 0 Å². The van der Waals surface area contributed by atoms with Crippen molar-refractivity contribution in [1.82, 2.24) is 5.32 Å². The number of amides is 1. The number of phenolic OH excluding ortho intramolecular Hbond substituents is 1. The Balaban J connectivity index is 2.73. The van der Waals surface area contributed by atoms with Gasteiger partial charge in [-0.3, -0.25) is 9.59 Å². The smallest absolute Gasteiger partial charge is 0.216 e. The van der Waals surface area contributed by atoms with E-state index >= 15 is 0 Å². The van der Waals surface area contributed by atoms with Crippen molar-refractivity contribution in [3.8, 4) is 5.75 Å². The second-order valence-electron chi connectivity index (χ2n) is 4.21. The third kappa shape index (κ3) is 4.35. The van der Waals surface area contributed by atoms with Crippen LogP contribution in [0.5, 0.6) is 5.75 Å². The number of phenols is 1. The number of rotatable bonds is 6. The number of aldehydes is 1. The molecule has 0 aliphatic heterocycles. The summed E-state index contributed by atoms with van der Waals surface area (Å²) in [5.41, 5.74) is 0.356. The van der Waals surface area contributed by atoms with Gasteiger partial charge in [0.2, 0.25) is 5.91 Å². The Morgan fingerprint density at radius 1 is 1.42 bits per heavy atom. The summed E-state index contributed by atoms with van der Waals surface area (Å²) in [6, 6.07) is 3.92. The molecule has 2 atom stereocenters. The zero-order valence-electron chi connectivity index (χ0n) is 10.5. The average Bonchev–Trinajstić information content (AvgIpc) is 2.37. The molecule has 0 spiro atoms. The van der Waals surface area contributed by atoms with Gasteiger partial charge in [0.1, 0.15) is 11.9 Å². The molecule has 0 bridgehead atoms. The maximum atomic E-state index is 10.8. The highest BCUT2D eigenvalue weighted by atomic mass is 16.3. The Morgan fingerprint density at radius 3 is 2.68 bits per heavy atom. The van der Waals surface area contributed by atoms with Gasteiger partial charge in [-0.25, -0.2) is 0 Å². The van der Waals surface area contributed by atoms with Crippen LogP contribution in [0.1, 0.15) is 35.4 Å². The van der Waals surface area contributed by atoms with Gasteiger partial charge in [0.15, 0.2) is 6.29 Å². The first-order valence-electron chi connectivity index (χ1n) is 5.84. The van der Waals surface area contributed by atoms with E-state index < -0.39 is 12.2 Å². The van der Waals surface area contributed by atoms with Gasteiger partial charge in [0, 0.05) is 19.0 Å². The van der Waals surface area contributed by atoms with Gasteiger partial charge < -0.3 is 20.6 Å². The largest absolute Gasteiger partial charge is 0.508 e. The molecule has 0 heterocycles. The molecule has 0 aliphatic rings. The number of hydrogen-bond donors (Lipinski definition) is 4. The summed E-state index contributed by atoms with van der Waals surface area (Å²) in [6.45, 7) is 1.58. The molecule has 6 nitrogen and oxygen atoms in total. The number of nitrogens with one attached hydrogen (secondary N) is 1. The Morgan fingerprint density at radius 2 is 2.11 bits per heavy atom. The molecule has 1 aromatic carbocycles. The molecule has 1 rings (SSSR count). The fraction of sp³-hybridized carbons (Fsp3) is 0.385. The SMILES string of the molecule is CC(=O)NCCC(O)C(O)c1ccc(O)cc1C=O. The number of aliphatic hydroxyl groups excluding tert-OH is 2. The van der Waals surface area contributed by atoms with E-state index in [2.05, 4.69) is 5.32 Å². The number of aliphatic hydroxyl groups is 2. The van der Waals surface area contributed by atoms with E-state index in [4.69, 9.17) is 0 Å². The lowest BCUT2D eigenvalue weighted by molar-refractivity contribution is -0.119. The minimum Gasteiger partial charge on any atom is -0.508 e. The molecule has 104 valence electrons. The summed E-state index contributed by atoms with van der Waals surface area (Å²) in [6.07, 6.45) is -1.72. The topological polar surface area (TPSA) is 107 Å². The van der Waals surface area contributed by atoms with Gasteiger partial charge in [-0.1, -0.05) is 6.07 Å². The van der Waals surface area contributed by atoms with Gasteiger partial charge in [0.25, 0.3) is 0 Å². The zero-order chi connectivity index (χ0) is 14.4. The summed E-state index contributed by atoms with van der Waals surface area (Å²) in [5, 5.41) is 31.5. The van der Waals surface area contributed by atoms with E-state index in [9.17, 15) is 24.9 Å². The number of benzene rings is 1. The predicted molar refractivity (Wildman–Crippen MR) is 67.8 cm³/mol. The van der Waals surface area contributed by atoms with Gasteiger partial charge >= 0.3 is 0 Å². The molecule has 0 saturated carbocycles. The monoisotopic (exact) mass is 267 g/mol. The molecule has 0 radical (unpaired) electrons. The van der Waals surface area contributed by atoms with Crippen LogP contribution in [0.3, 0.4) is 0 Å². The van der Waals surface area contributed by atoms with Gasteiger partial charge in [-0.05, 0) is 24.1 Å². The molecular formula is C13H17NO5. The molecule has 6 heteroatoms. The standard InChI is InChI=1S/C13H17NO5/c1-8(16)14-5-4-12(18)13(19)11-3-2-10(17)6-9(11)7-15/h2-3,6-7,12-13,17-19H,4-5H2,1H3,(H,14,16). The first-order valence-corrected chi connectivity index (χ1v) is 5.84. The highest BCUT2D eigenvalue weighted by Gasteiger charge is 2.21. The van der Waals surface area contributed by atoms with Crippen LogP contribution >= 0.6 is 0 Å². The molecule has 1 aromatic rings. The maximum Gasteiger partial charge on any atom is 0.216 e. The fourth-order valence-electron chi connectivity index (χ4n) is 1.69. The molecule has 4 N–H and O–H groups in total. The van der Waals surface area contributed by atoms with E-state index in [1.165, 1.54) is 25.1 Å². The van der Waals surface area contributed by atoms with E-state index in [1.807, 2.05) is 0 Å². The van der Waals surface area contributed by atoms with Crippen LogP contribution in [0.15, 0.2) is 18.2 Å². The predicted octanol–water partition coefficient (Wildman–Crippen LogP) is 0.125. The van der Waals surface area contributed by atoms with Crippen molar-refractivity contribution in [2.75, 3.05) is 6.54 Å². The molecule has 0 aromatic heterocycles. The number of hydrogen-bond acceptors (Lipinski definition) is 5. The highest BCUT2D eigenvalue weighted by molar-refractivity contribution is 5.78. The molecule has 19 heavy (non-hydrogen) atoms. The lowest BCUT2D eigenvalue weighted by Crippen LogP contribution is -2.28. The number of carbonyl (C=O) groups is 2. The molecule has 2 unspecified atom stereocenters. The minimum absolute atomic E-state index is 0.0919. The van der Waals surface area contributed by atoms with Crippen LogP contribution < -0.4 is 5.32 Å². The van der Waals surface area contributed by atoms with E-state index in [0.29, 0.717) is 6.29 Å². The zero-order valence-corrected chi connectivity index (χ0v) is 10.5. The lowest BCUT2D eigenvalue weighted by atomic mass is 9.97.